The minimum absolute atomic E-state index is 0. The van der Waals surface area contributed by atoms with E-state index >= 15 is 0 Å². The molecule has 0 saturated heterocycles. The van der Waals surface area contributed by atoms with E-state index in [2.05, 4.69) is 0 Å². The van der Waals surface area contributed by atoms with Crippen molar-refractivity contribution < 1.29 is 4.39 Å². The van der Waals surface area contributed by atoms with Gasteiger partial charge < -0.3 is 5.73 Å². The van der Waals surface area contributed by atoms with Gasteiger partial charge in [0, 0.05) is 6.04 Å². The van der Waals surface area contributed by atoms with Crippen LogP contribution in [0.3, 0.4) is 0 Å². The molecule has 0 aliphatic heterocycles. The Labute approximate surface area is 42.1 Å². The van der Waals surface area contributed by atoms with Gasteiger partial charge in [-0.1, -0.05) is 0 Å². The van der Waals surface area contributed by atoms with Crippen molar-refractivity contribution in [3.05, 3.63) is 0 Å². The molecule has 1 fully saturated rings. The van der Waals surface area contributed by atoms with Gasteiger partial charge in [0.05, 0.1) is 0 Å². The summed E-state index contributed by atoms with van der Waals surface area (Å²) in [6.07, 6.45) is -0.0880. The summed E-state index contributed by atoms with van der Waals surface area (Å²) < 4.78 is 11.4. The fraction of sp³-hybridized carbons (Fsp3) is 1.00. The maximum atomic E-state index is 11.4. The second-order valence-electron chi connectivity index (χ2n) is 1.42. The van der Waals surface area contributed by atoms with Crippen molar-refractivity contribution in [2.75, 3.05) is 0 Å². The van der Waals surface area contributed by atoms with Crippen LogP contribution in [0.2, 0.25) is 0 Å². The maximum Gasteiger partial charge on any atom is 0.117 e. The molecule has 1 aliphatic carbocycles. The summed E-state index contributed by atoms with van der Waals surface area (Å²) in [7, 11) is 0. The fourth-order valence-corrected chi connectivity index (χ4v) is 0.181. The predicted molar refractivity (Wildman–Crippen MR) is 24.7 cm³/mol. The standard InChI is InChI=1S/C3H6FN.ClH/c4-2-1-3(2)5;/h2-3H,1,5H2;1H/t2-,3+;/m1./s1. The minimum atomic E-state index is -0.671. The average Bonchev–Trinajstić information content (AvgIpc) is 1.79. The Kier molecular flexibility index (Phi) is 1.81. The molecular formula is C3H7ClFN. The van der Waals surface area contributed by atoms with E-state index in [1.807, 2.05) is 0 Å². The number of halogens is 2. The van der Waals surface area contributed by atoms with Crippen LogP contribution in [0.5, 0.6) is 0 Å². The normalized spacial score (nSPS) is 41.0. The molecule has 1 rings (SSSR count). The minimum Gasteiger partial charge on any atom is -0.325 e. The lowest BCUT2D eigenvalue weighted by Crippen LogP contribution is -2.00. The number of hydrogen-bond donors (Lipinski definition) is 1. The summed E-state index contributed by atoms with van der Waals surface area (Å²) in [6.45, 7) is 0. The number of nitrogens with two attached hydrogens (primary N) is 1. The van der Waals surface area contributed by atoms with Gasteiger partial charge in [-0.3, -0.25) is 0 Å². The van der Waals surface area contributed by atoms with E-state index < -0.39 is 6.17 Å². The maximum absolute atomic E-state index is 11.4. The molecule has 0 aromatic carbocycles. The van der Waals surface area contributed by atoms with Crippen LogP contribution in [0.4, 0.5) is 4.39 Å². The summed E-state index contributed by atoms with van der Waals surface area (Å²) >= 11 is 0. The van der Waals surface area contributed by atoms with E-state index in [0.717, 1.165) is 0 Å². The summed E-state index contributed by atoms with van der Waals surface area (Å²) in [4.78, 5) is 0. The number of rotatable bonds is 0. The molecule has 0 bridgehead atoms. The quantitative estimate of drug-likeness (QED) is 0.484. The van der Waals surface area contributed by atoms with Crippen LogP contribution in [0, 0.1) is 0 Å². The second-order valence-corrected chi connectivity index (χ2v) is 1.42. The van der Waals surface area contributed by atoms with E-state index in [9.17, 15) is 4.39 Å². The molecule has 0 aromatic rings. The van der Waals surface area contributed by atoms with Crippen LogP contribution in [-0.2, 0) is 0 Å². The highest BCUT2D eigenvalue weighted by atomic mass is 35.5. The number of alkyl halides is 1. The summed E-state index contributed by atoms with van der Waals surface area (Å²) in [5.74, 6) is 0. The predicted octanol–water partition coefficient (Wildman–Crippen LogP) is 0.477. The van der Waals surface area contributed by atoms with Crippen molar-refractivity contribution in [1.29, 1.82) is 0 Å². The van der Waals surface area contributed by atoms with Gasteiger partial charge in [0.25, 0.3) is 0 Å². The van der Waals surface area contributed by atoms with Gasteiger partial charge in [-0.15, -0.1) is 12.4 Å². The van der Waals surface area contributed by atoms with Crippen LogP contribution < -0.4 is 5.73 Å². The van der Waals surface area contributed by atoms with Crippen LogP contribution >= 0.6 is 12.4 Å². The van der Waals surface area contributed by atoms with Gasteiger partial charge in [-0.05, 0) is 6.42 Å². The Hall–Kier alpha value is 0.180. The first-order chi connectivity index (χ1) is 2.30. The van der Waals surface area contributed by atoms with Crippen molar-refractivity contribution >= 4 is 12.4 Å². The molecular weight excluding hydrogens is 104 g/mol. The lowest BCUT2D eigenvalue weighted by molar-refractivity contribution is 0.467. The van der Waals surface area contributed by atoms with Crippen molar-refractivity contribution in [3.63, 3.8) is 0 Å². The van der Waals surface area contributed by atoms with E-state index in [0.29, 0.717) is 6.42 Å². The molecule has 0 aromatic heterocycles. The van der Waals surface area contributed by atoms with Crippen molar-refractivity contribution in [2.45, 2.75) is 18.6 Å². The van der Waals surface area contributed by atoms with Gasteiger partial charge >= 0.3 is 0 Å². The van der Waals surface area contributed by atoms with Crippen LogP contribution in [0.1, 0.15) is 6.42 Å². The number of hydrogen-bond acceptors (Lipinski definition) is 1. The Morgan fingerprint density at radius 1 is 1.67 bits per heavy atom. The summed E-state index contributed by atoms with van der Waals surface area (Å²) in [5, 5.41) is 0. The third-order valence-electron chi connectivity index (χ3n) is 0.759. The van der Waals surface area contributed by atoms with Crippen molar-refractivity contribution in [2.24, 2.45) is 5.73 Å². The lowest BCUT2D eigenvalue weighted by atomic mass is 10.8. The third-order valence-corrected chi connectivity index (χ3v) is 0.759. The monoisotopic (exact) mass is 111 g/mol. The largest absolute Gasteiger partial charge is 0.325 e. The first-order valence-corrected chi connectivity index (χ1v) is 1.70. The Balaban J connectivity index is 0.000000250. The molecule has 0 spiro atoms. The SMILES string of the molecule is Cl.N[C@H]1C[C@H]1F. The topological polar surface area (TPSA) is 26.0 Å². The smallest absolute Gasteiger partial charge is 0.117 e. The van der Waals surface area contributed by atoms with Gasteiger partial charge in [-0.25, -0.2) is 4.39 Å². The Morgan fingerprint density at radius 2 is 1.83 bits per heavy atom. The molecule has 3 heteroatoms. The van der Waals surface area contributed by atoms with Crippen LogP contribution in [0.15, 0.2) is 0 Å². The fourth-order valence-electron chi connectivity index (χ4n) is 0.181. The van der Waals surface area contributed by atoms with Gasteiger partial charge in [0.15, 0.2) is 0 Å². The lowest BCUT2D eigenvalue weighted by Gasteiger charge is -1.66. The Morgan fingerprint density at radius 3 is 1.83 bits per heavy atom. The van der Waals surface area contributed by atoms with Crippen molar-refractivity contribution in [3.8, 4) is 0 Å². The zero-order chi connectivity index (χ0) is 3.86. The molecule has 38 valence electrons. The van der Waals surface area contributed by atoms with E-state index in [4.69, 9.17) is 5.73 Å². The molecule has 0 amide bonds. The summed E-state index contributed by atoms with van der Waals surface area (Å²) in [6, 6.07) is -0.116. The Bertz CT molecular complexity index is 44.1. The van der Waals surface area contributed by atoms with E-state index in [-0.39, 0.29) is 18.4 Å². The molecule has 0 heterocycles. The highest BCUT2D eigenvalue weighted by molar-refractivity contribution is 5.85. The van der Waals surface area contributed by atoms with Crippen LogP contribution in [0.25, 0.3) is 0 Å². The molecule has 6 heavy (non-hydrogen) atoms. The first-order valence-electron chi connectivity index (χ1n) is 1.70. The van der Waals surface area contributed by atoms with Crippen molar-refractivity contribution in [1.82, 2.24) is 0 Å². The molecule has 2 atom stereocenters. The molecule has 1 saturated carbocycles. The highest BCUT2D eigenvalue weighted by Gasteiger charge is 2.32. The zero-order valence-corrected chi connectivity index (χ0v) is 4.04. The highest BCUT2D eigenvalue weighted by Crippen LogP contribution is 2.21. The zero-order valence-electron chi connectivity index (χ0n) is 3.23. The van der Waals surface area contributed by atoms with Crippen LogP contribution in [-0.4, -0.2) is 12.2 Å². The second kappa shape index (κ2) is 1.76. The van der Waals surface area contributed by atoms with Gasteiger partial charge in [-0.2, -0.15) is 0 Å². The average molecular weight is 112 g/mol. The molecule has 1 aliphatic rings. The molecule has 0 unspecified atom stereocenters. The molecule has 0 radical (unpaired) electrons. The molecule has 2 N–H and O–H groups in total. The third kappa shape index (κ3) is 1.11. The first kappa shape index (κ1) is 6.18. The molecule has 1 nitrogen and oxygen atoms in total. The van der Waals surface area contributed by atoms with Gasteiger partial charge in [0.2, 0.25) is 0 Å². The van der Waals surface area contributed by atoms with Gasteiger partial charge in [0.1, 0.15) is 6.17 Å². The summed E-state index contributed by atoms with van der Waals surface area (Å²) in [5.41, 5.74) is 4.99. The van der Waals surface area contributed by atoms with E-state index in [1.165, 1.54) is 0 Å². The van der Waals surface area contributed by atoms with E-state index in [1.54, 1.807) is 0 Å².